The van der Waals surface area contributed by atoms with Gasteiger partial charge >= 0.3 is 11.9 Å². The summed E-state index contributed by atoms with van der Waals surface area (Å²) in [6.07, 6.45) is 104. The highest BCUT2D eigenvalue weighted by atomic mass is 31.2. The first-order valence-corrected chi connectivity index (χ1v) is 41.4. The molecule has 10 heteroatoms. The molecule has 0 aliphatic carbocycles. The summed E-state index contributed by atoms with van der Waals surface area (Å²) in [6, 6.07) is 0. The number of nitrogens with zero attached hydrogens (tertiary/aromatic N) is 1. The van der Waals surface area contributed by atoms with E-state index in [4.69, 9.17) is 18.5 Å². The number of likely N-dealkylation sites (N-methyl/N-ethyl adjacent to an activating group) is 1. The Morgan fingerprint density at radius 3 is 0.904 bits per heavy atom. The van der Waals surface area contributed by atoms with Gasteiger partial charge in [0.1, 0.15) is 19.8 Å². The van der Waals surface area contributed by atoms with E-state index in [1.54, 1.807) is 0 Å². The highest BCUT2D eigenvalue weighted by Gasteiger charge is 2.22. The Labute approximate surface area is 583 Å². The minimum atomic E-state index is -4.65. The van der Waals surface area contributed by atoms with Gasteiger partial charge in [-0.2, -0.15) is 0 Å². The highest BCUT2D eigenvalue weighted by molar-refractivity contribution is 7.45. The lowest BCUT2D eigenvalue weighted by Gasteiger charge is -2.28. The van der Waals surface area contributed by atoms with Gasteiger partial charge in [0.2, 0.25) is 0 Å². The van der Waals surface area contributed by atoms with Crippen LogP contribution in [-0.2, 0) is 32.7 Å². The monoisotopic (exact) mass is 1330 g/mol. The number of allylic oxidation sites excluding steroid dienone is 16. The first kappa shape index (κ1) is 90.9. The molecule has 0 rings (SSSR count). The van der Waals surface area contributed by atoms with Crippen molar-refractivity contribution in [2.75, 3.05) is 47.5 Å². The van der Waals surface area contributed by atoms with Crippen LogP contribution < -0.4 is 4.89 Å². The first-order chi connectivity index (χ1) is 46.0. The molecule has 0 radical (unpaired) electrons. The van der Waals surface area contributed by atoms with E-state index in [2.05, 4.69) is 111 Å². The molecular formula is C84H152NO8P. The van der Waals surface area contributed by atoms with Gasteiger partial charge in [-0.05, 0) is 96.3 Å². The summed E-state index contributed by atoms with van der Waals surface area (Å²) in [7, 11) is 1.17. The molecule has 0 aromatic rings. The summed E-state index contributed by atoms with van der Waals surface area (Å²) in [5.41, 5.74) is 0. The Morgan fingerprint density at radius 2 is 0.606 bits per heavy atom. The molecule has 0 amide bonds. The highest BCUT2D eigenvalue weighted by Crippen LogP contribution is 2.38. The molecule has 0 N–H and O–H groups in total. The number of esters is 2. The average Bonchev–Trinajstić information content (AvgIpc) is 1.65. The second-order valence-electron chi connectivity index (χ2n) is 28.0. The van der Waals surface area contributed by atoms with Crippen molar-refractivity contribution >= 4 is 19.8 Å². The Morgan fingerprint density at radius 1 is 0.340 bits per heavy atom. The molecule has 9 nitrogen and oxygen atoms in total. The Hall–Kier alpha value is -3.07. The number of hydrogen-bond donors (Lipinski definition) is 0. The van der Waals surface area contributed by atoms with E-state index >= 15 is 0 Å². The van der Waals surface area contributed by atoms with Gasteiger partial charge in [0, 0.05) is 12.8 Å². The maximum atomic E-state index is 12.9. The lowest BCUT2D eigenvalue weighted by atomic mass is 10.0. The lowest BCUT2D eigenvalue weighted by molar-refractivity contribution is -0.870. The molecule has 2 unspecified atom stereocenters. The number of rotatable bonds is 74. The standard InChI is InChI=1S/C84H152NO8P/c1-6-8-10-12-14-16-18-20-22-24-26-28-30-32-34-36-37-38-39-40-41-42-43-44-45-46-47-49-50-52-54-56-58-60-62-64-66-68-70-72-74-76-83(86)90-80-82(81-92-94(88,89)91-79-78-85(3,4)5)93-84(87)77-75-73-71-69-67-65-63-61-59-57-55-53-51-48-35-33-31-29-27-25-23-21-19-17-15-13-11-9-7-2/h9,11,15,17-18,20-21,23-24,26-27,29,33,35,51,53,82H,6-8,10,12-14,16,19,22,25,28,30-32,34,36-50,52,54-81H2,1-5H3/b11-9-,17-15-,20-18-,23-21-,26-24-,29-27-,35-33-,53-51-. The first-order valence-electron chi connectivity index (χ1n) is 39.9. The molecule has 94 heavy (non-hydrogen) atoms. The largest absolute Gasteiger partial charge is 0.756 e. The number of phosphoric acid groups is 1. The van der Waals surface area contributed by atoms with Gasteiger partial charge in [-0.3, -0.25) is 14.2 Å². The number of unbranched alkanes of at least 4 members (excludes halogenated alkanes) is 44. The smallest absolute Gasteiger partial charge is 0.306 e. The van der Waals surface area contributed by atoms with Crippen molar-refractivity contribution in [2.45, 2.75) is 380 Å². The fourth-order valence-electron chi connectivity index (χ4n) is 11.5. The summed E-state index contributed by atoms with van der Waals surface area (Å²) in [5.74, 6) is -0.826. The molecule has 0 heterocycles. The molecule has 0 aliphatic rings. The number of quaternary nitrogens is 1. The van der Waals surface area contributed by atoms with E-state index in [0.29, 0.717) is 17.4 Å². The maximum absolute atomic E-state index is 12.9. The van der Waals surface area contributed by atoms with Crippen LogP contribution in [0.15, 0.2) is 97.2 Å². The molecule has 0 bridgehead atoms. The number of phosphoric ester groups is 1. The van der Waals surface area contributed by atoms with E-state index in [-0.39, 0.29) is 32.0 Å². The van der Waals surface area contributed by atoms with Crippen LogP contribution in [0.1, 0.15) is 373 Å². The van der Waals surface area contributed by atoms with E-state index in [0.717, 1.165) is 89.9 Å². The third-order valence-electron chi connectivity index (χ3n) is 17.6. The predicted octanol–water partition coefficient (Wildman–Crippen LogP) is 26.0. The molecule has 0 aromatic carbocycles. The minimum Gasteiger partial charge on any atom is -0.756 e. The van der Waals surface area contributed by atoms with Gasteiger partial charge in [0.05, 0.1) is 27.7 Å². The molecule has 0 saturated carbocycles. The van der Waals surface area contributed by atoms with Crippen LogP contribution in [-0.4, -0.2) is 70.0 Å². The zero-order chi connectivity index (χ0) is 68.3. The Bertz CT molecular complexity index is 1910. The van der Waals surface area contributed by atoms with Crippen molar-refractivity contribution in [3.05, 3.63) is 97.2 Å². The third-order valence-corrected chi connectivity index (χ3v) is 18.6. The molecule has 0 spiro atoms. The summed E-state index contributed by atoms with van der Waals surface area (Å²) in [6.45, 7) is 4.15. The average molecular weight is 1340 g/mol. The third kappa shape index (κ3) is 77.9. The van der Waals surface area contributed by atoms with Gasteiger partial charge in [-0.15, -0.1) is 0 Å². The second-order valence-corrected chi connectivity index (χ2v) is 29.5. The summed E-state index contributed by atoms with van der Waals surface area (Å²) < 4.78 is 34.4. The van der Waals surface area contributed by atoms with Gasteiger partial charge in [0.15, 0.2) is 6.10 Å². The molecule has 546 valence electrons. The van der Waals surface area contributed by atoms with Crippen LogP contribution >= 0.6 is 7.82 Å². The second kappa shape index (κ2) is 74.2. The van der Waals surface area contributed by atoms with Crippen LogP contribution in [0.5, 0.6) is 0 Å². The Balaban J connectivity index is 3.92. The predicted molar refractivity (Wildman–Crippen MR) is 406 cm³/mol. The van der Waals surface area contributed by atoms with Crippen LogP contribution in [0.2, 0.25) is 0 Å². The molecule has 0 aromatic heterocycles. The van der Waals surface area contributed by atoms with Crippen molar-refractivity contribution in [3.63, 3.8) is 0 Å². The lowest BCUT2D eigenvalue weighted by Crippen LogP contribution is -2.37. The van der Waals surface area contributed by atoms with Crippen molar-refractivity contribution < 1.29 is 42.1 Å². The van der Waals surface area contributed by atoms with Gasteiger partial charge < -0.3 is 27.9 Å². The molecule has 0 aliphatic heterocycles. The van der Waals surface area contributed by atoms with Crippen LogP contribution in [0.3, 0.4) is 0 Å². The fraction of sp³-hybridized carbons (Fsp3) is 0.786. The summed E-state index contributed by atoms with van der Waals surface area (Å²) in [5, 5.41) is 0. The van der Waals surface area contributed by atoms with Crippen molar-refractivity contribution in [1.82, 2.24) is 0 Å². The quantitative estimate of drug-likeness (QED) is 0.0195. The summed E-state index contributed by atoms with van der Waals surface area (Å²) >= 11 is 0. The van der Waals surface area contributed by atoms with Crippen molar-refractivity contribution in [3.8, 4) is 0 Å². The van der Waals surface area contributed by atoms with E-state index in [1.807, 2.05) is 21.1 Å². The number of ether oxygens (including phenoxy) is 2. The van der Waals surface area contributed by atoms with Crippen molar-refractivity contribution in [2.24, 2.45) is 0 Å². The van der Waals surface area contributed by atoms with Crippen molar-refractivity contribution in [1.29, 1.82) is 0 Å². The van der Waals surface area contributed by atoms with Gasteiger partial charge in [0.25, 0.3) is 7.82 Å². The van der Waals surface area contributed by atoms with Gasteiger partial charge in [-0.25, -0.2) is 0 Å². The zero-order valence-electron chi connectivity index (χ0n) is 62.4. The van der Waals surface area contributed by atoms with Crippen LogP contribution in [0, 0.1) is 0 Å². The van der Waals surface area contributed by atoms with E-state index < -0.39 is 26.5 Å². The normalized spacial score (nSPS) is 13.6. The molecule has 2 atom stereocenters. The molecular weight excluding hydrogens is 1180 g/mol. The van der Waals surface area contributed by atoms with Crippen LogP contribution in [0.25, 0.3) is 0 Å². The SMILES string of the molecule is CC/C=C\C/C=C\C/C=C\C/C=C\C/C=C\C/C=C\CCCCCCCCCCCCC(=O)OC(COC(=O)CCCCCCCCCCCCCCCCCCCCCCCCCCCCCCC/C=C\C/C=C\CCCCCCC)COP(=O)([O-])OCC[N+](C)(C)C. The fourth-order valence-corrected chi connectivity index (χ4v) is 12.2. The van der Waals surface area contributed by atoms with E-state index in [9.17, 15) is 19.0 Å². The van der Waals surface area contributed by atoms with E-state index in [1.165, 1.54) is 250 Å². The molecule has 0 saturated heterocycles. The topological polar surface area (TPSA) is 111 Å². The van der Waals surface area contributed by atoms with Crippen LogP contribution in [0.4, 0.5) is 0 Å². The summed E-state index contributed by atoms with van der Waals surface area (Å²) in [4.78, 5) is 38.2. The van der Waals surface area contributed by atoms with Gasteiger partial charge in [-0.1, -0.05) is 361 Å². The maximum Gasteiger partial charge on any atom is 0.306 e. The number of carbonyl (C=O) groups excluding carboxylic acids is 2. The number of hydrogen-bond acceptors (Lipinski definition) is 8. The zero-order valence-corrected chi connectivity index (χ0v) is 63.3. The number of carbonyl (C=O) groups is 2. The molecule has 0 fully saturated rings. The minimum absolute atomic E-state index is 0.0336. The Kier molecular flexibility index (Phi) is 71.7.